The molecule has 1 aliphatic rings. The van der Waals surface area contributed by atoms with Gasteiger partial charge in [0.25, 0.3) is 0 Å². The number of carbonyl (C=O) groups excluding carboxylic acids is 1. The average Bonchev–Trinajstić information content (AvgIpc) is 2.80. The molecular formula is C14H13N3O3. The van der Waals surface area contributed by atoms with Crippen molar-refractivity contribution in [3.63, 3.8) is 0 Å². The average molecular weight is 271 g/mol. The van der Waals surface area contributed by atoms with Gasteiger partial charge in [0.05, 0.1) is 5.69 Å². The summed E-state index contributed by atoms with van der Waals surface area (Å²) in [5, 5.41) is 15.7. The highest BCUT2D eigenvalue weighted by atomic mass is 16.4. The smallest absolute Gasteiger partial charge is 0.356 e. The number of benzene rings is 1. The van der Waals surface area contributed by atoms with Crippen molar-refractivity contribution < 1.29 is 14.7 Å². The number of fused-ring (bicyclic) bond motifs is 1. The minimum atomic E-state index is -1.06. The summed E-state index contributed by atoms with van der Waals surface area (Å²) >= 11 is 0. The number of aryl methyl sites for hydroxylation is 2. The van der Waals surface area contributed by atoms with Crippen molar-refractivity contribution in [2.24, 2.45) is 7.05 Å². The Labute approximate surface area is 115 Å². The normalized spacial score (nSPS) is 13.8. The molecule has 0 saturated carbocycles. The van der Waals surface area contributed by atoms with E-state index in [9.17, 15) is 9.59 Å². The Bertz CT molecular complexity index is 718. The van der Waals surface area contributed by atoms with Crippen molar-refractivity contribution in [3.8, 4) is 11.3 Å². The van der Waals surface area contributed by atoms with Crippen LogP contribution in [0.4, 0.5) is 5.69 Å². The summed E-state index contributed by atoms with van der Waals surface area (Å²) in [5.41, 5.74) is 3.41. The predicted molar refractivity (Wildman–Crippen MR) is 72.6 cm³/mol. The maximum absolute atomic E-state index is 11.4. The van der Waals surface area contributed by atoms with Crippen molar-refractivity contribution in [2.45, 2.75) is 12.8 Å². The standard InChI is InChI=1S/C14H13N3O3/c1-17-12(7-11(16-17)14(19)20)9-3-2-8-4-5-13(18)15-10(8)6-9/h2-3,6-7H,4-5H2,1H3,(H,15,18)(H,19,20). The number of anilines is 1. The van der Waals surface area contributed by atoms with E-state index in [2.05, 4.69) is 10.4 Å². The number of hydrogen-bond donors (Lipinski definition) is 2. The third-order valence-electron chi connectivity index (χ3n) is 3.40. The van der Waals surface area contributed by atoms with Crippen molar-refractivity contribution in [2.75, 3.05) is 5.32 Å². The highest BCUT2D eigenvalue weighted by molar-refractivity contribution is 5.95. The lowest BCUT2D eigenvalue weighted by atomic mass is 9.99. The molecule has 0 radical (unpaired) electrons. The van der Waals surface area contributed by atoms with Crippen LogP contribution < -0.4 is 5.32 Å². The van der Waals surface area contributed by atoms with Crippen LogP contribution in [0, 0.1) is 0 Å². The summed E-state index contributed by atoms with van der Waals surface area (Å²) in [6.07, 6.45) is 1.23. The number of carboxylic acid groups (broad SMARTS) is 1. The van der Waals surface area contributed by atoms with E-state index in [0.29, 0.717) is 12.1 Å². The van der Waals surface area contributed by atoms with Gasteiger partial charge in [0, 0.05) is 24.7 Å². The summed E-state index contributed by atoms with van der Waals surface area (Å²) < 4.78 is 1.52. The number of carbonyl (C=O) groups is 2. The molecule has 2 aromatic rings. The van der Waals surface area contributed by atoms with Gasteiger partial charge in [-0.2, -0.15) is 5.10 Å². The molecule has 0 fully saturated rings. The van der Waals surface area contributed by atoms with Crippen molar-refractivity contribution in [1.82, 2.24) is 9.78 Å². The third kappa shape index (κ3) is 2.05. The van der Waals surface area contributed by atoms with Crippen LogP contribution in [-0.2, 0) is 18.3 Å². The molecule has 1 aromatic heterocycles. The maximum atomic E-state index is 11.4. The molecule has 0 spiro atoms. The minimum absolute atomic E-state index is 0.00394. The number of hydrogen-bond acceptors (Lipinski definition) is 3. The van der Waals surface area contributed by atoms with Crippen LogP contribution in [0.2, 0.25) is 0 Å². The van der Waals surface area contributed by atoms with Gasteiger partial charge in [0.15, 0.2) is 5.69 Å². The number of nitrogens with one attached hydrogen (secondary N) is 1. The predicted octanol–water partition coefficient (Wildman–Crippen LogP) is 1.67. The largest absolute Gasteiger partial charge is 0.476 e. The van der Waals surface area contributed by atoms with E-state index in [-0.39, 0.29) is 11.6 Å². The van der Waals surface area contributed by atoms with Gasteiger partial charge in [-0.15, -0.1) is 0 Å². The van der Waals surface area contributed by atoms with E-state index in [1.54, 1.807) is 7.05 Å². The first-order valence-corrected chi connectivity index (χ1v) is 6.25. The molecule has 1 aliphatic heterocycles. The molecule has 20 heavy (non-hydrogen) atoms. The molecule has 1 amide bonds. The lowest BCUT2D eigenvalue weighted by Gasteiger charge is -2.17. The zero-order valence-electron chi connectivity index (χ0n) is 10.9. The topological polar surface area (TPSA) is 84.2 Å². The van der Waals surface area contributed by atoms with E-state index in [1.807, 2.05) is 18.2 Å². The lowest BCUT2D eigenvalue weighted by Crippen LogP contribution is -2.18. The second-order valence-corrected chi connectivity index (χ2v) is 4.76. The lowest BCUT2D eigenvalue weighted by molar-refractivity contribution is -0.116. The Balaban J connectivity index is 2.05. The Morgan fingerprint density at radius 3 is 2.85 bits per heavy atom. The first kappa shape index (κ1) is 12.4. The molecule has 0 saturated heterocycles. The molecule has 3 rings (SSSR count). The van der Waals surface area contributed by atoms with Crippen LogP contribution in [0.3, 0.4) is 0 Å². The molecule has 6 nitrogen and oxygen atoms in total. The summed E-state index contributed by atoms with van der Waals surface area (Å²) in [5.74, 6) is -1.05. The summed E-state index contributed by atoms with van der Waals surface area (Å²) in [6.45, 7) is 0. The van der Waals surface area contributed by atoms with Crippen LogP contribution in [-0.4, -0.2) is 26.8 Å². The fraction of sp³-hybridized carbons (Fsp3) is 0.214. The SMILES string of the molecule is Cn1nc(C(=O)O)cc1-c1ccc2c(c1)NC(=O)CC2. The van der Waals surface area contributed by atoms with Gasteiger partial charge in [-0.3, -0.25) is 9.48 Å². The molecule has 0 unspecified atom stereocenters. The molecule has 102 valence electrons. The molecule has 0 atom stereocenters. The first-order chi connectivity index (χ1) is 9.54. The molecule has 2 N–H and O–H groups in total. The highest BCUT2D eigenvalue weighted by Gasteiger charge is 2.17. The van der Waals surface area contributed by atoms with Crippen molar-refractivity contribution >= 4 is 17.6 Å². The fourth-order valence-corrected chi connectivity index (χ4v) is 2.37. The number of carboxylic acids is 1. The molecule has 6 heteroatoms. The zero-order chi connectivity index (χ0) is 14.3. The van der Waals surface area contributed by atoms with Crippen molar-refractivity contribution in [3.05, 3.63) is 35.5 Å². The number of aromatic carboxylic acids is 1. The Hall–Kier alpha value is -2.63. The second kappa shape index (κ2) is 4.48. The van der Waals surface area contributed by atoms with Crippen LogP contribution in [0.25, 0.3) is 11.3 Å². The monoisotopic (exact) mass is 271 g/mol. The number of rotatable bonds is 2. The van der Waals surface area contributed by atoms with E-state index in [4.69, 9.17) is 5.11 Å². The minimum Gasteiger partial charge on any atom is -0.476 e. The van der Waals surface area contributed by atoms with E-state index in [1.165, 1.54) is 10.7 Å². The van der Waals surface area contributed by atoms with Gasteiger partial charge in [-0.25, -0.2) is 4.79 Å². The van der Waals surface area contributed by atoms with Crippen LogP contribution in [0.15, 0.2) is 24.3 Å². The molecule has 1 aromatic carbocycles. The Kier molecular flexibility index (Phi) is 2.78. The molecule has 0 bridgehead atoms. The third-order valence-corrected chi connectivity index (χ3v) is 3.40. The summed E-state index contributed by atoms with van der Waals surface area (Å²) in [4.78, 5) is 22.4. The second-order valence-electron chi connectivity index (χ2n) is 4.76. The first-order valence-electron chi connectivity index (χ1n) is 6.25. The van der Waals surface area contributed by atoms with Gasteiger partial charge in [0.2, 0.25) is 5.91 Å². The number of aromatic nitrogens is 2. The van der Waals surface area contributed by atoms with Gasteiger partial charge in [-0.05, 0) is 24.1 Å². The molecule has 0 aliphatic carbocycles. The van der Waals surface area contributed by atoms with Crippen LogP contribution in [0.5, 0.6) is 0 Å². The fourth-order valence-electron chi connectivity index (χ4n) is 2.37. The van der Waals surface area contributed by atoms with E-state index >= 15 is 0 Å². The summed E-state index contributed by atoms with van der Waals surface area (Å²) in [7, 11) is 1.69. The number of amides is 1. The Morgan fingerprint density at radius 1 is 1.35 bits per heavy atom. The van der Waals surface area contributed by atoms with Crippen molar-refractivity contribution in [1.29, 1.82) is 0 Å². The van der Waals surface area contributed by atoms with Gasteiger partial charge in [-0.1, -0.05) is 12.1 Å². The van der Waals surface area contributed by atoms with Crippen LogP contribution in [0.1, 0.15) is 22.5 Å². The molecule has 2 heterocycles. The van der Waals surface area contributed by atoms with Gasteiger partial charge in [0.1, 0.15) is 0 Å². The van der Waals surface area contributed by atoms with E-state index in [0.717, 1.165) is 23.2 Å². The maximum Gasteiger partial charge on any atom is 0.356 e. The number of nitrogens with zero attached hydrogens (tertiary/aromatic N) is 2. The van der Waals surface area contributed by atoms with Gasteiger partial charge < -0.3 is 10.4 Å². The zero-order valence-corrected chi connectivity index (χ0v) is 10.9. The quantitative estimate of drug-likeness (QED) is 0.870. The van der Waals surface area contributed by atoms with Crippen LogP contribution >= 0.6 is 0 Å². The molecular weight excluding hydrogens is 258 g/mol. The van der Waals surface area contributed by atoms with E-state index < -0.39 is 5.97 Å². The highest BCUT2D eigenvalue weighted by Crippen LogP contribution is 2.29. The van der Waals surface area contributed by atoms with Gasteiger partial charge >= 0.3 is 5.97 Å². The summed E-state index contributed by atoms with van der Waals surface area (Å²) in [6, 6.07) is 7.25. The Morgan fingerprint density at radius 2 is 2.15 bits per heavy atom.